The van der Waals surface area contributed by atoms with Crippen molar-refractivity contribution in [2.75, 3.05) is 5.32 Å². The molecule has 0 fully saturated rings. The van der Waals surface area contributed by atoms with Gasteiger partial charge in [0.15, 0.2) is 16.6 Å². The van der Waals surface area contributed by atoms with E-state index >= 15 is 0 Å². The molecular formula is C17H13N3O3S. The normalized spacial score (nSPS) is 10.2. The van der Waals surface area contributed by atoms with E-state index in [0.29, 0.717) is 5.13 Å². The van der Waals surface area contributed by atoms with Gasteiger partial charge < -0.3 is 4.74 Å². The van der Waals surface area contributed by atoms with Crippen molar-refractivity contribution in [1.82, 2.24) is 9.97 Å². The molecule has 120 valence electrons. The fourth-order valence-electron chi connectivity index (χ4n) is 2.01. The first-order valence-corrected chi connectivity index (χ1v) is 8.01. The summed E-state index contributed by atoms with van der Waals surface area (Å²) in [5, 5.41) is 4.81. The van der Waals surface area contributed by atoms with Crippen LogP contribution in [0.2, 0.25) is 0 Å². The minimum atomic E-state index is -0.479. The number of nitrogens with zero attached hydrogens (tertiary/aromatic N) is 2. The number of rotatable bonds is 5. The van der Waals surface area contributed by atoms with Crippen LogP contribution < -0.4 is 10.1 Å². The lowest BCUT2D eigenvalue weighted by Crippen LogP contribution is -2.18. The van der Waals surface area contributed by atoms with E-state index in [1.54, 1.807) is 17.6 Å². The van der Waals surface area contributed by atoms with Gasteiger partial charge in [-0.1, -0.05) is 30.3 Å². The molecular weight excluding hydrogens is 326 g/mol. The quantitative estimate of drug-likeness (QED) is 0.723. The number of thiazole rings is 1. The van der Waals surface area contributed by atoms with Crippen LogP contribution in [0.25, 0.3) is 0 Å². The third-order valence-corrected chi connectivity index (χ3v) is 3.74. The van der Waals surface area contributed by atoms with Gasteiger partial charge in [-0.3, -0.25) is 14.9 Å². The zero-order chi connectivity index (χ0) is 16.8. The summed E-state index contributed by atoms with van der Waals surface area (Å²) in [5.74, 6) is -0.821. The lowest BCUT2D eigenvalue weighted by molar-refractivity contribution is -0.133. The van der Waals surface area contributed by atoms with E-state index in [-0.39, 0.29) is 17.9 Å². The van der Waals surface area contributed by atoms with Crippen LogP contribution in [0.15, 0.2) is 60.2 Å². The smallest absolute Gasteiger partial charge is 0.315 e. The van der Waals surface area contributed by atoms with Crippen LogP contribution in [-0.4, -0.2) is 21.8 Å². The number of aromatic nitrogens is 2. The van der Waals surface area contributed by atoms with E-state index in [0.717, 1.165) is 5.56 Å². The number of anilines is 1. The van der Waals surface area contributed by atoms with Gasteiger partial charge in [0, 0.05) is 17.8 Å². The number of ether oxygens (including phenoxy) is 1. The summed E-state index contributed by atoms with van der Waals surface area (Å²) < 4.78 is 5.31. The first kappa shape index (κ1) is 15.8. The molecule has 1 aromatic carbocycles. The first-order valence-electron chi connectivity index (χ1n) is 7.13. The second-order valence-electron chi connectivity index (χ2n) is 4.78. The van der Waals surface area contributed by atoms with Gasteiger partial charge in [-0.05, 0) is 17.7 Å². The average Bonchev–Trinajstić information content (AvgIpc) is 3.09. The Morgan fingerprint density at radius 1 is 1.04 bits per heavy atom. The van der Waals surface area contributed by atoms with Crippen LogP contribution in [0.1, 0.15) is 16.1 Å². The van der Waals surface area contributed by atoms with E-state index in [2.05, 4.69) is 15.3 Å². The molecule has 0 atom stereocenters. The summed E-state index contributed by atoms with van der Waals surface area (Å²) in [4.78, 5) is 32.3. The molecule has 0 bridgehead atoms. The number of amides is 1. The molecule has 0 aliphatic rings. The van der Waals surface area contributed by atoms with Gasteiger partial charge in [-0.25, -0.2) is 9.97 Å². The molecule has 6 nitrogen and oxygen atoms in total. The SMILES string of the molecule is O=C(Cc1ccccc1)Oc1cccnc1C(=O)Nc1nccs1. The summed E-state index contributed by atoms with van der Waals surface area (Å²) in [6, 6.07) is 12.4. The van der Waals surface area contributed by atoms with Crippen LogP contribution in [0.4, 0.5) is 5.13 Å². The fourth-order valence-corrected chi connectivity index (χ4v) is 2.53. The molecule has 0 saturated heterocycles. The van der Waals surface area contributed by atoms with Gasteiger partial charge in [0.05, 0.1) is 6.42 Å². The molecule has 0 radical (unpaired) electrons. The van der Waals surface area contributed by atoms with Gasteiger partial charge in [-0.15, -0.1) is 11.3 Å². The van der Waals surface area contributed by atoms with Crippen molar-refractivity contribution in [2.24, 2.45) is 0 Å². The zero-order valence-corrected chi connectivity index (χ0v) is 13.3. The largest absolute Gasteiger partial charge is 0.424 e. The van der Waals surface area contributed by atoms with Crippen molar-refractivity contribution in [1.29, 1.82) is 0 Å². The molecule has 1 amide bonds. The van der Waals surface area contributed by atoms with Crippen molar-refractivity contribution in [3.8, 4) is 5.75 Å². The van der Waals surface area contributed by atoms with Crippen LogP contribution in [0.5, 0.6) is 5.75 Å². The van der Waals surface area contributed by atoms with Crippen molar-refractivity contribution < 1.29 is 14.3 Å². The number of benzene rings is 1. The Hall–Kier alpha value is -3.06. The number of hydrogen-bond acceptors (Lipinski definition) is 6. The zero-order valence-electron chi connectivity index (χ0n) is 12.5. The Bertz CT molecular complexity index is 835. The number of carbonyl (C=O) groups excluding carboxylic acids is 2. The van der Waals surface area contributed by atoms with Gasteiger partial charge in [-0.2, -0.15) is 0 Å². The molecule has 0 aliphatic heterocycles. The van der Waals surface area contributed by atoms with Gasteiger partial charge in [0.2, 0.25) is 0 Å². The molecule has 24 heavy (non-hydrogen) atoms. The number of nitrogens with one attached hydrogen (secondary N) is 1. The Balaban J connectivity index is 1.72. The number of pyridine rings is 1. The Kier molecular flexibility index (Phi) is 4.93. The average molecular weight is 339 g/mol. The molecule has 0 spiro atoms. The minimum absolute atomic E-state index is 0.0362. The molecule has 1 N–H and O–H groups in total. The Morgan fingerprint density at radius 3 is 2.62 bits per heavy atom. The molecule has 0 unspecified atom stereocenters. The second kappa shape index (κ2) is 7.47. The third kappa shape index (κ3) is 4.02. The molecule has 7 heteroatoms. The maximum atomic E-state index is 12.3. The van der Waals surface area contributed by atoms with Crippen molar-refractivity contribution in [2.45, 2.75) is 6.42 Å². The topological polar surface area (TPSA) is 81.2 Å². The van der Waals surface area contributed by atoms with Gasteiger partial charge >= 0.3 is 5.97 Å². The highest BCUT2D eigenvalue weighted by molar-refractivity contribution is 7.13. The van der Waals surface area contributed by atoms with Gasteiger partial charge in [0.1, 0.15) is 0 Å². The summed E-state index contributed by atoms with van der Waals surface area (Å²) in [7, 11) is 0. The van der Waals surface area contributed by atoms with Crippen LogP contribution in [0, 0.1) is 0 Å². The molecule has 3 rings (SSSR count). The van der Waals surface area contributed by atoms with E-state index in [4.69, 9.17) is 4.74 Å². The highest BCUT2D eigenvalue weighted by Crippen LogP contribution is 2.19. The third-order valence-electron chi connectivity index (χ3n) is 3.05. The van der Waals surface area contributed by atoms with E-state index in [9.17, 15) is 9.59 Å². The lowest BCUT2D eigenvalue weighted by Gasteiger charge is -2.08. The van der Waals surface area contributed by atoms with E-state index < -0.39 is 11.9 Å². The van der Waals surface area contributed by atoms with E-state index in [1.165, 1.54) is 23.6 Å². The minimum Gasteiger partial charge on any atom is -0.424 e. The van der Waals surface area contributed by atoms with Crippen molar-refractivity contribution in [3.63, 3.8) is 0 Å². The molecule has 2 aromatic heterocycles. The van der Waals surface area contributed by atoms with Crippen molar-refractivity contribution in [3.05, 3.63) is 71.5 Å². The standard InChI is InChI=1S/C17H13N3O3S/c21-14(11-12-5-2-1-3-6-12)23-13-7-4-8-18-15(13)16(22)20-17-19-9-10-24-17/h1-10H,11H2,(H,19,20,22). The first-order chi connectivity index (χ1) is 11.7. The second-order valence-corrected chi connectivity index (χ2v) is 5.67. The molecule has 2 heterocycles. The maximum Gasteiger partial charge on any atom is 0.315 e. The number of esters is 1. The van der Waals surface area contributed by atoms with Crippen LogP contribution >= 0.6 is 11.3 Å². The Labute approximate surface area is 142 Å². The molecule has 0 saturated carbocycles. The summed E-state index contributed by atoms with van der Waals surface area (Å²) >= 11 is 1.29. The molecule has 3 aromatic rings. The predicted molar refractivity (Wildman–Crippen MR) is 90.1 cm³/mol. The van der Waals surface area contributed by atoms with Crippen LogP contribution in [0.3, 0.4) is 0 Å². The number of hydrogen-bond donors (Lipinski definition) is 1. The lowest BCUT2D eigenvalue weighted by atomic mass is 10.1. The van der Waals surface area contributed by atoms with Gasteiger partial charge in [0.25, 0.3) is 5.91 Å². The highest BCUT2D eigenvalue weighted by atomic mass is 32.1. The number of carbonyl (C=O) groups is 2. The molecule has 0 aliphatic carbocycles. The summed E-state index contributed by atoms with van der Waals surface area (Å²) in [5.41, 5.74) is 0.870. The maximum absolute atomic E-state index is 12.3. The van der Waals surface area contributed by atoms with Crippen LogP contribution in [-0.2, 0) is 11.2 Å². The fraction of sp³-hybridized carbons (Fsp3) is 0.0588. The Morgan fingerprint density at radius 2 is 1.88 bits per heavy atom. The highest BCUT2D eigenvalue weighted by Gasteiger charge is 2.17. The van der Waals surface area contributed by atoms with Crippen molar-refractivity contribution >= 4 is 28.3 Å². The monoisotopic (exact) mass is 339 g/mol. The predicted octanol–water partition coefficient (Wildman–Crippen LogP) is 2.94. The van der Waals surface area contributed by atoms with E-state index in [1.807, 2.05) is 30.3 Å². The summed E-state index contributed by atoms with van der Waals surface area (Å²) in [6.07, 6.45) is 3.16. The summed E-state index contributed by atoms with van der Waals surface area (Å²) in [6.45, 7) is 0.